The van der Waals surface area contributed by atoms with Gasteiger partial charge in [-0.15, -0.1) is 0 Å². The molecule has 2 atom stereocenters. The first-order valence-electron chi connectivity index (χ1n) is 6.06. The molecule has 1 saturated carbocycles. The summed E-state index contributed by atoms with van der Waals surface area (Å²) >= 11 is 11.9. The first-order valence-corrected chi connectivity index (χ1v) is 6.81. The van der Waals surface area contributed by atoms with E-state index in [-0.39, 0.29) is 17.6 Å². The van der Waals surface area contributed by atoms with E-state index in [2.05, 4.69) is 10.3 Å². The van der Waals surface area contributed by atoms with Gasteiger partial charge in [-0.3, -0.25) is 4.98 Å². The van der Waals surface area contributed by atoms with Gasteiger partial charge in [-0.2, -0.15) is 0 Å². The topological polar surface area (TPSA) is 51.2 Å². The number of pyridine rings is 1. The van der Waals surface area contributed by atoms with Crippen molar-refractivity contribution < 1.29 is 9.53 Å². The summed E-state index contributed by atoms with van der Waals surface area (Å²) in [6, 6.07) is 1.65. The second-order valence-corrected chi connectivity index (χ2v) is 6.53. The number of carbonyl (C=O) groups is 1. The van der Waals surface area contributed by atoms with Gasteiger partial charge in [0, 0.05) is 17.7 Å². The Morgan fingerprint density at radius 1 is 1.47 bits per heavy atom. The van der Waals surface area contributed by atoms with Gasteiger partial charge in [0.15, 0.2) is 0 Å². The number of carbonyl (C=O) groups excluding carboxylic acids is 1. The molecule has 1 amide bonds. The van der Waals surface area contributed by atoms with Crippen molar-refractivity contribution >= 4 is 29.3 Å². The van der Waals surface area contributed by atoms with Crippen LogP contribution in [0.3, 0.4) is 0 Å². The lowest BCUT2D eigenvalue weighted by Gasteiger charge is -2.20. The van der Waals surface area contributed by atoms with Gasteiger partial charge in [0.1, 0.15) is 6.10 Å². The molecule has 0 aromatic carbocycles. The maximum atomic E-state index is 11.6. The van der Waals surface area contributed by atoms with Crippen LogP contribution in [0.25, 0.3) is 0 Å². The largest absolute Gasteiger partial charge is 0.445 e. The summed E-state index contributed by atoms with van der Waals surface area (Å²) in [5, 5.41) is 3.76. The van der Waals surface area contributed by atoms with E-state index in [1.165, 1.54) is 0 Å². The van der Waals surface area contributed by atoms with Crippen LogP contribution in [0.4, 0.5) is 4.79 Å². The van der Waals surface area contributed by atoms with Crippen molar-refractivity contribution in [1.82, 2.24) is 10.3 Å². The molecule has 2 rings (SSSR count). The zero-order valence-electron chi connectivity index (χ0n) is 11.0. The third-order valence-corrected chi connectivity index (χ3v) is 3.16. The van der Waals surface area contributed by atoms with Crippen molar-refractivity contribution in [2.75, 3.05) is 0 Å². The van der Waals surface area contributed by atoms with Crippen molar-refractivity contribution in [2.45, 2.75) is 44.8 Å². The molecule has 0 aliphatic heterocycles. The number of alkyl carbamates (subject to hydrolysis) is 1. The third-order valence-electron chi connectivity index (χ3n) is 2.65. The molecule has 104 valence electrons. The summed E-state index contributed by atoms with van der Waals surface area (Å²) < 4.78 is 5.31. The zero-order chi connectivity index (χ0) is 14.2. The van der Waals surface area contributed by atoms with Crippen LogP contribution < -0.4 is 5.32 Å². The quantitative estimate of drug-likeness (QED) is 0.905. The predicted molar refractivity (Wildman–Crippen MR) is 74.8 cm³/mol. The second-order valence-electron chi connectivity index (χ2n) is 5.68. The molecule has 4 nitrogen and oxygen atoms in total. The van der Waals surface area contributed by atoms with Crippen LogP contribution in [0, 0.1) is 0 Å². The first-order chi connectivity index (χ1) is 8.76. The van der Waals surface area contributed by atoms with E-state index in [0.29, 0.717) is 10.0 Å². The minimum absolute atomic E-state index is 0.0653. The van der Waals surface area contributed by atoms with E-state index in [1.54, 1.807) is 12.3 Å². The molecule has 1 heterocycles. The smallest absolute Gasteiger partial charge is 0.407 e. The number of rotatable bonds is 2. The fourth-order valence-corrected chi connectivity index (χ4v) is 2.28. The van der Waals surface area contributed by atoms with E-state index in [9.17, 15) is 4.79 Å². The minimum atomic E-state index is -0.412. The predicted octanol–water partition coefficient (Wildman–Crippen LogP) is 3.77. The van der Waals surface area contributed by atoms with Crippen molar-refractivity contribution in [1.29, 1.82) is 0 Å². The Hall–Kier alpha value is -1.000. The van der Waals surface area contributed by atoms with Crippen LogP contribution in [0.2, 0.25) is 10.0 Å². The molecule has 1 fully saturated rings. The highest BCUT2D eigenvalue weighted by Gasteiger charge is 2.44. The lowest BCUT2D eigenvalue weighted by atomic mass is 10.1. The number of hydrogen-bond donors (Lipinski definition) is 1. The number of hydrogen-bond acceptors (Lipinski definition) is 3. The van der Waals surface area contributed by atoms with Crippen molar-refractivity contribution in [3.05, 3.63) is 28.0 Å². The molecule has 0 saturated heterocycles. The summed E-state index contributed by atoms with van der Waals surface area (Å²) in [4.78, 5) is 15.8. The van der Waals surface area contributed by atoms with Crippen LogP contribution >= 0.6 is 23.2 Å². The Labute approximate surface area is 122 Å². The van der Waals surface area contributed by atoms with Gasteiger partial charge in [-0.05, 0) is 33.3 Å². The first kappa shape index (κ1) is 14.4. The highest BCUT2D eigenvalue weighted by molar-refractivity contribution is 6.34. The molecular formula is C13H16Cl2N2O2. The molecule has 1 aromatic rings. The maximum absolute atomic E-state index is 11.6. The number of nitrogens with zero attached hydrogens (tertiary/aromatic N) is 1. The molecule has 1 aliphatic carbocycles. The van der Waals surface area contributed by atoms with Crippen molar-refractivity contribution in [3.8, 4) is 0 Å². The normalized spacial score (nSPS) is 21.9. The second kappa shape index (κ2) is 5.17. The maximum Gasteiger partial charge on any atom is 0.407 e. The Morgan fingerprint density at radius 2 is 2.16 bits per heavy atom. The Kier molecular flexibility index (Phi) is 3.92. The van der Waals surface area contributed by atoms with Crippen LogP contribution in [0.1, 0.15) is 38.8 Å². The van der Waals surface area contributed by atoms with Gasteiger partial charge in [-0.1, -0.05) is 23.2 Å². The number of amides is 1. The van der Waals surface area contributed by atoms with Gasteiger partial charge in [0.2, 0.25) is 0 Å². The van der Waals surface area contributed by atoms with Crippen LogP contribution in [-0.4, -0.2) is 22.7 Å². The third kappa shape index (κ3) is 3.98. The van der Waals surface area contributed by atoms with E-state index >= 15 is 0 Å². The fraction of sp³-hybridized carbons (Fsp3) is 0.538. The Bertz CT molecular complexity index is 500. The highest BCUT2D eigenvalue weighted by atomic mass is 35.5. The molecule has 0 spiro atoms. The number of aromatic nitrogens is 1. The van der Waals surface area contributed by atoms with E-state index in [4.69, 9.17) is 27.9 Å². The van der Waals surface area contributed by atoms with Crippen LogP contribution in [0.5, 0.6) is 0 Å². The zero-order valence-corrected chi connectivity index (χ0v) is 12.5. The molecule has 2 unspecified atom stereocenters. The molecule has 1 aliphatic rings. The minimum Gasteiger partial charge on any atom is -0.445 e. The van der Waals surface area contributed by atoms with Crippen LogP contribution in [0.15, 0.2) is 12.3 Å². The molecule has 6 heteroatoms. The molecular weight excluding hydrogens is 287 g/mol. The van der Waals surface area contributed by atoms with Crippen molar-refractivity contribution in [2.24, 2.45) is 0 Å². The fourth-order valence-electron chi connectivity index (χ4n) is 1.76. The summed E-state index contributed by atoms with van der Waals surface area (Å²) in [6.45, 7) is 5.70. The highest BCUT2D eigenvalue weighted by Crippen LogP contribution is 2.45. The van der Waals surface area contributed by atoms with Gasteiger partial charge in [0.05, 0.1) is 15.7 Å². The van der Waals surface area contributed by atoms with E-state index < -0.39 is 6.09 Å². The number of nitrogens with one attached hydrogen (secondary N) is 1. The average molecular weight is 303 g/mol. The lowest BCUT2D eigenvalue weighted by Crippen LogP contribution is -2.41. The van der Waals surface area contributed by atoms with Crippen LogP contribution in [-0.2, 0) is 4.74 Å². The summed E-state index contributed by atoms with van der Waals surface area (Å²) in [7, 11) is 0. The Balaban J connectivity index is 1.92. The van der Waals surface area contributed by atoms with Gasteiger partial charge in [-0.25, -0.2) is 4.79 Å². The van der Waals surface area contributed by atoms with E-state index in [1.807, 2.05) is 20.8 Å². The molecule has 19 heavy (non-hydrogen) atoms. The molecule has 0 radical (unpaired) electrons. The summed E-state index contributed by atoms with van der Waals surface area (Å²) in [5.74, 6) is 0.0653. The monoisotopic (exact) mass is 302 g/mol. The molecule has 1 N–H and O–H groups in total. The molecule has 1 aromatic heterocycles. The van der Waals surface area contributed by atoms with E-state index in [0.717, 1.165) is 12.1 Å². The van der Waals surface area contributed by atoms with Gasteiger partial charge in [0.25, 0.3) is 0 Å². The van der Waals surface area contributed by atoms with Gasteiger partial charge < -0.3 is 10.1 Å². The average Bonchev–Trinajstić information content (AvgIpc) is 2.93. The summed E-state index contributed by atoms with van der Waals surface area (Å²) in [5.41, 5.74) is 0.428. The number of ether oxygens (including phenoxy) is 1. The van der Waals surface area contributed by atoms with Gasteiger partial charge >= 0.3 is 6.09 Å². The number of halogens is 2. The lowest BCUT2D eigenvalue weighted by molar-refractivity contribution is 0.128. The van der Waals surface area contributed by atoms with Crippen molar-refractivity contribution in [3.63, 3.8) is 0 Å². The summed E-state index contributed by atoms with van der Waals surface area (Å²) in [6.07, 6.45) is 1.72. The standard InChI is InChI=1S/C13H16Cl2N2O2/c1-13(2,3)17-12(18)19-10-5-8(10)11-9(15)4-7(14)6-16-11/h4,6,8,10H,5H2,1-3H3,(H,17,18). The SMILES string of the molecule is CC(C)(C)NC(=O)OC1CC1c1ncc(Cl)cc1Cl. The molecule has 0 bridgehead atoms. The Morgan fingerprint density at radius 3 is 2.74 bits per heavy atom.